The summed E-state index contributed by atoms with van der Waals surface area (Å²) in [4.78, 5) is 49.4. The maximum absolute atomic E-state index is 12.3. The lowest BCUT2D eigenvalue weighted by atomic mass is 9.85. The molecule has 2 aliphatic rings. The highest BCUT2D eigenvalue weighted by Crippen LogP contribution is 2.34. The van der Waals surface area contributed by atoms with Gasteiger partial charge in [-0.1, -0.05) is 23.8 Å². The van der Waals surface area contributed by atoms with Crippen molar-refractivity contribution < 1.29 is 23.9 Å². The molecule has 0 aromatic heterocycles. The van der Waals surface area contributed by atoms with Gasteiger partial charge in [-0.05, 0) is 31.0 Å². The molecule has 3 amide bonds. The molecule has 1 aromatic rings. The van der Waals surface area contributed by atoms with Gasteiger partial charge in [0.1, 0.15) is 12.6 Å². The van der Waals surface area contributed by atoms with Crippen LogP contribution in [0, 0.1) is 23.2 Å². The molecule has 0 unspecified atom stereocenters. The fraction of sp³-hybridized carbons (Fsp3) is 0.316. The smallest absolute Gasteiger partial charge is 0.326 e. The number of carbonyl (C=O) groups excluding carboxylic acids is 4. The molecule has 9 heteroatoms. The first-order valence-electron chi connectivity index (χ1n) is 8.56. The lowest BCUT2D eigenvalue weighted by Gasteiger charge is -2.14. The van der Waals surface area contributed by atoms with Crippen molar-refractivity contribution in [2.45, 2.75) is 12.8 Å². The second-order valence-electron chi connectivity index (χ2n) is 6.43. The minimum absolute atomic E-state index is 0.180. The number of likely N-dealkylation sites (tertiary alicyclic amines) is 1. The largest absolute Gasteiger partial charge is 0.454 e. The van der Waals surface area contributed by atoms with Crippen LogP contribution in [0.5, 0.6) is 0 Å². The fourth-order valence-electron chi connectivity index (χ4n) is 3.23. The van der Waals surface area contributed by atoms with Gasteiger partial charge in [-0.2, -0.15) is 5.26 Å². The average molecular weight is 402 g/mol. The van der Waals surface area contributed by atoms with Crippen LogP contribution in [0.4, 0.5) is 5.69 Å². The normalized spacial score (nSPS) is 20.5. The van der Waals surface area contributed by atoms with E-state index in [-0.39, 0.29) is 22.4 Å². The summed E-state index contributed by atoms with van der Waals surface area (Å²) >= 11 is 5.88. The second kappa shape index (κ2) is 8.23. The Morgan fingerprint density at radius 1 is 1.21 bits per heavy atom. The third kappa shape index (κ3) is 4.05. The summed E-state index contributed by atoms with van der Waals surface area (Å²) in [6, 6.07) is 6.23. The second-order valence-corrected chi connectivity index (χ2v) is 6.84. The summed E-state index contributed by atoms with van der Waals surface area (Å²) in [6.45, 7) is -1.10. The molecule has 1 aliphatic heterocycles. The molecule has 2 atom stereocenters. The van der Waals surface area contributed by atoms with Gasteiger partial charge in [0.15, 0.2) is 6.61 Å². The number of benzene rings is 1. The molecule has 1 heterocycles. The molecular weight excluding hydrogens is 386 g/mol. The SMILES string of the molecule is N#Cc1ccc(NC(=O)COC(=O)CN2C(=O)[C@H]3CC=CC[C@H]3C2=O)cc1Cl. The zero-order chi connectivity index (χ0) is 20.3. The van der Waals surface area contributed by atoms with E-state index in [9.17, 15) is 19.2 Å². The van der Waals surface area contributed by atoms with Crippen LogP contribution < -0.4 is 5.32 Å². The summed E-state index contributed by atoms with van der Waals surface area (Å²) in [5.74, 6) is -3.07. The number of allylic oxidation sites excluding steroid dienone is 2. The predicted molar refractivity (Wildman–Crippen MR) is 97.8 cm³/mol. The Morgan fingerprint density at radius 2 is 1.86 bits per heavy atom. The van der Waals surface area contributed by atoms with Crippen molar-refractivity contribution in [3.63, 3.8) is 0 Å². The summed E-state index contributed by atoms with van der Waals surface area (Å²) in [7, 11) is 0. The predicted octanol–water partition coefficient (Wildman–Crippen LogP) is 1.64. The summed E-state index contributed by atoms with van der Waals surface area (Å²) in [5.41, 5.74) is 0.605. The fourth-order valence-corrected chi connectivity index (χ4v) is 3.45. The highest BCUT2D eigenvalue weighted by Gasteiger charge is 2.47. The Balaban J connectivity index is 1.50. The number of halogens is 1. The number of imide groups is 1. The lowest BCUT2D eigenvalue weighted by molar-refractivity contribution is -0.154. The number of nitriles is 1. The molecule has 1 aromatic carbocycles. The van der Waals surface area contributed by atoms with Crippen LogP contribution in [-0.4, -0.2) is 41.7 Å². The van der Waals surface area contributed by atoms with Gasteiger partial charge < -0.3 is 10.1 Å². The lowest BCUT2D eigenvalue weighted by Crippen LogP contribution is -2.37. The van der Waals surface area contributed by atoms with Gasteiger partial charge in [0, 0.05) is 5.69 Å². The van der Waals surface area contributed by atoms with E-state index in [1.807, 2.05) is 18.2 Å². The van der Waals surface area contributed by atoms with E-state index in [1.165, 1.54) is 18.2 Å². The third-order valence-corrected chi connectivity index (χ3v) is 4.94. The van der Waals surface area contributed by atoms with Crippen LogP contribution in [-0.2, 0) is 23.9 Å². The van der Waals surface area contributed by atoms with E-state index >= 15 is 0 Å². The van der Waals surface area contributed by atoms with Crippen LogP contribution in [0.2, 0.25) is 5.02 Å². The Hall–Kier alpha value is -3.18. The van der Waals surface area contributed by atoms with Crippen molar-refractivity contribution in [3.05, 3.63) is 40.9 Å². The molecule has 0 bridgehead atoms. The van der Waals surface area contributed by atoms with Crippen molar-refractivity contribution in [3.8, 4) is 6.07 Å². The van der Waals surface area contributed by atoms with E-state index in [4.69, 9.17) is 21.6 Å². The molecule has 1 N–H and O–H groups in total. The molecule has 0 radical (unpaired) electrons. The molecule has 144 valence electrons. The Labute approximate surface area is 165 Å². The average Bonchev–Trinajstić information content (AvgIpc) is 2.92. The van der Waals surface area contributed by atoms with Gasteiger partial charge in [-0.3, -0.25) is 24.1 Å². The number of nitrogens with one attached hydrogen (secondary N) is 1. The van der Waals surface area contributed by atoms with Gasteiger partial charge in [0.25, 0.3) is 5.91 Å². The highest BCUT2D eigenvalue weighted by molar-refractivity contribution is 6.32. The Morgan fingerprint density at radius 3 is 2.43 bits per heavy atom. The first kappa shape index (κ1) is 19.6. The van der Waals surface area contributed by atoms with Crippen LogP contribution in [0.25, 0.3) is 0 Å². The zero-order valence-electron chi connectivity index (χ0n) is 14.7. The highest BCUT2D eigenvalue weighted by atomic mass is 35.5. The standard InChI is InChI=1S/C19H16ClN3O5/c20-15-7-12(6-5-11(15)8-21)22-16(24)10-28-17(25)9-23-18(26)13-3-1-2-4-14(13)19(23)27/h1-2,5-7,13-14H,3-4,9-10H2,(H,22,24)/t13-,14+. The van der Waals surface area contributed by atoms with E-state index in [0.29, 0.717) is 18.5 Å². The minimum atomic E-state index is -0.846. The number of fused-ring (bicyclic) bond motifs is 1. The molecule has 8 nitrogen and oxygen atoms in total. The molecular formula is C19H16ClN3O5. The maximum atomic E-state index is 12.3. The number of hydrogen-bond acceptors (Lipinski definition) is 6. The van der Waals surface area contributed by atoms with Gasteiger partial charge in [0.2, 0.25) is 11.8 Å². The Kier molecular flexibility index (Phi) is 5.76. The van der Waals surface area contributed by atoms with E-state index in [1.54, 1.807) is 0 Å². The van der Waals surface area contributed by atoms with E-state index in [2.05, 4.69) is 5.32 Å². The number of rotatable bonds is 5. The van der Waals surface area contributed by atoms with Gasteiger partial charge >= 0.3 is 5.97 Å². The number of anilines is 1. The van der Waals surface area contributed by atoms with Crippen LogP contribution in [0.3, 0.4) is 0 Å². The summed E-state index contributed by atoms with van der Waals surface area (Å²) in [5, 5.41) is 11.5. The van der Waals surface area contributed by atoms with Gasteiger partial charge in [-0.25, -0.2) is 0 Å². The number of ether oxygens (including phenoxy) is 1. The molecule has 1 saturated heterocycles. The Bertz CT molecular complexity index is 895. The van der Waals surface area contributed by atoms with Crippen LogP contribution in [0.1, 0.15) is 18.4 Å². The van der Waals surface area contributed by atoms with Gasteiger partial charge in [0.05, 0.1) is 22.4 Å². The number of esters is 1. The monoisotopic (exact) mass is 401 g/mol. The number of hydrogen-bond donors (Lipinski definition) is 1. The maximum Gasteiger partial charge on any atom is 0.326 e. The molecule has 1 aliphatic carbocycles. The first-order chi connectivity index (χ1) is 13.4. The van der Waals surface area contributed by atoms with Crippen molar-refractivity contribution in [1.29, 1.82) is 5.26 Å². The van der Waals surface area contributed by atoms with E-state index < -0.39 is 36.9 Å². The minimum Gasteiger partial charge on any atom is -0.454 e. The number of carbonyl (C=O) groups is 4. The molecule has 28 heavy (non-hydrogen) atoms. The molecule has 0 saturated carbocycles. The topological polar surface area (TPSA) is 117 Å². The number of amides is 3. The van der Waals surface area contributed by atoms with Crippen molar-refractivity contribution in [2.75, 3.05) is 18.5 Å². The third-order valence-electron chi connectivity index (χ3n) is 4.62. The zero-order valence-corrected chi connectivity index (χ0v) is 15.4. The quantitative estimate of drug-likeness (QED) is 0.455. The van der Waals surface area contributed by atoms with Crippen molar-refractivity contribution in [2.24, 2.45) is 11.8 Å². The molecule has 0 spiro atoms. The first-order valence-corrected chi connectivity index (χ1v) is 8.94. The summed E-state index contributed by atoms with van der Waals surface area (Å²) in [6.07, 6.45) is 4.68. The van der Waals surface area contributed by atoms with Gasteiger partial charge in [-0.15, -0.1) is 0 Å². The number of nitrogens with zero attached hydrogens (tertiary/aromatic N) is 2. The van der Waals surface area contributed by atoms with Crippen LogP contribution in [0.15, 0.2) is 30.4 Å². The summed E-state index contributed by atoms with van der Waals surface area (Å²) < 4.78 is 4.87. The molecule has 3 rings (SSSR count). The van der Waals surface area contributed by atoms with E-state index in [0.717, 1.165) is 4.90 Å². The van der Waals surface area contributed by atoms with Crippen LogP contribution >= 0.6 is 11.6 Å². The molecule has 1 fully saturated rings. The van der Waals surface area contributed by atoms with Crippen molar-refractivity contribution in [1.82, 2.24) is 4.90 Å². The van der Waals surface area contributed by atoms with Crippen molar-refractivity contribution >= 4 is 41.0 Å².